The fraction of sp³-hybridized carbons (Fsp3) is 0.118. The number of carbonyl (C=O) groups is 3. The molecule has 3 aromatic rings. The number of carbonyl (C=O) groups excluding carboxylic acids is 3. The summed E-state index contributed by atoms with van der Waals surface area (Å²) in [5.74, 6) is -1.58. The second-order valence-electron chi connectivity index (χ2n) is 5.39. The molecule has 0 unspecified atom stereocenters. The van der Waals surface area contributed by atoms with Gasteiger partial charge in [-0.25, -0.2) is 4.79 Å². The average Bonchev–Trinajstić information content (AvgIpc) is 3.33. The molecule has 27 heavy (non-hydrogen) atoms. The molecule has 2 heterocycles. The minimum atomic E-state index is -1.07. The molecule has 2 aromatic heterocycles. The highest BCUT2D eigenvalue weighted by Gasteiger charge is 2.21. The number of primary amides is 1. The molecule has 0 aliphatic heterocycles. The van der Waals surface area contributed by atoms with Crippen LogP contribution in [0.5, 0.6) is 0 Å². The second-order valence-corrected chi connectivity index (χ2v) is 6.30. The van der Waals surface area contributed by atoms with Crippen molar-refractivity contribution in [2.75, 3.05) is 5.32 Å². The Balaban J connectivity index is 1.62. The molecule has 3 rings (SSSR count). The molecule has 0 saturated carbocycles. The highest BCUT2D eigenvalue weighted by molar-refractivity contribution is 7.14. The van der Waals surface area contributed by atoms with Crippen LogP contribution in [0.15, 0.2) is 46.5 Å². The number of amides is 2. The number of esters is 1. The zero-order chi connectivity index (χ0) is 19.4. The maximum Gasteiger partial charge on any atom is 0.338 e. The maximum absolute atomic E-state index is 12.2. The lowest BCUT2D eigenvalue weighted by Gasteiger charge is -2.13. The second kappa shape index (κ2) is 7.79. The lowest BCUT2D eigenvalue weighted by molar-refractivity contribution is -0.123. The normalized spacial score (nSPS) is 11.6. The van der Waals surface area contributed by atoms with Gasteiger partial charge in [0.05, 0.1) is 11.1 Å². The van der Waals surface area contributed by atoms with Crippen molar-refractivity contribution < 1.29 is 23.5 Å². The summed E-state index contributed by atoms with van der Waals surface area (Å²) in [5, 5.41) is 11.8. The fourth-order valence-corrected chi connectivity index (χ4v) is 2.94. The third-order valence-electron chi connectivity index (χ3n) is 3.55. The van der Waals surface area contributed by atoms with Gasteiger partial charge in [-0.15, -0.1) is 21.5 Å². The monoisotopic (exact) mass is 386 g/mol. The van der Waals surface area contributed by atoms with Gasteiger partial charge in [-0.05, 0) is 42.6 Å². The van der Waals surface area contributed by atoms with E-state index < -0.39 is 23.9 Å². The first-order valence-corrected chi connectivity index (χ1v) is 8.59. The molecule has 0 aliphatic rings. The van der Waals surface area contributed by atoms with Gasteiger partial charge in [-0.1, -0.05) is 0 Å². The molecule has 10 heteroatoms. The Morgan fingerprint density at radius 3 is 2.59 bits per heavy atom. The number of anilines is 1. The summed E-state index contributed by atoms with van der Waals surface area (Å²) in [6.07, 6.45) is 0.130. The fourth-order valence-electron chi connectivity index (χ4n) is 2.14. The lowest BCUT2D eigenvalue weighted by atomic mass is 10.1. The molecule has 0 spiro atoms. The Morgan fingerprint density at radius 1 is 1.22 bits per heavy atom. The number of benzene rings is 1. The highest BCUT2D eigenvalue weighted by Crippen LogP contribution is 2.23. The number of hydrogen-bond donors (Lipinski definition) is 2. The smallest absolute Gasteiger partial charge is 0.338 e. The van der Waals surface area contributed by atoms with Gasteiger partial charge in [0.1, 0.15) is 5.00 Å². The summed E-state index contributed by atoms with van der Waals surface area (Å²) >= 11 is 1.15. The standard InChI is InChI=1S/C17H14N4O5S/c1-9(14(23)20-16-12(13(18)22)6-7-27-16)26-17(24)11-4-2-10(3-5-11)15-21-19-8-25-15/h2-9H,1H3,(H2,18,22)(H,20,23)/t9-/m1/s1. The van der Waals surface area contributed by atoms with Crippen LogP contribution in [0.2, 0.25) is 0 Å². The van der Waals surface area contributed by atoms with Crippen LogP contribution in [0.1, 0.15) is 27.6 Å². The van der Waals surface area contributed by atoms with Crippen molar-refractivity contribution in [3.05, 3.63) is 53.2 Å². The Labute approximate surface area is 157 Å². The van der Waals surface area contributed by atoms with Crippen molar-refractivity contribution in [3.63, 3.8) is 0 Å². The number of nitrogens with one attached hydrogen (secondary N) is 1. The van der Waals surface area contributed by atoms with Crippen LogP contribution in [0.3, 0.4) is 0 Å². The number of ether oxygens (including phenoxy) is 1. The average molecular weight is 386 g/mol. The summed E-state index contributed by atoms with van der Waals surface area (Å²) in [6, 6.07) is 7.80. The van der Waals surface area contributed by atoms with Crippen LogP contribution in [0, 0.1) is 0 Å². The summed E-state index contributed by atoms with van der Waals surface area (Å²) < 4.78 is 10.2. The third-order valence-corrected chi connectivity index (χ3v) is 4.38. The van der Waals surface area contributed by atoms with Gasteiger partial charge in [0.25, 0.3) is 11.8 Å². The van der Waals surface area contributed by atoms with E-state index in [2.05, 4.69) is 15.5 Å². The van der Waals surface area contributed by atoms with Crippen molar-refractivity contribution in [3.8, 4) is 11.5 Å². The van der Waals surface area contributed by atoms with Gasteiger partial charge in [-0.2, -0.15) is 0 Å². The van der Waals surface area contributed by atoms with Crippen molar-refractivity contribution >= 4 is 34.1 Å². The number of nitrogens with two attached hydrogens (primary N) is 1. The molecule has 0 fully saturated rings. The molecule has 0 radical (unpaired) electrons. The van der Waals surface area contributed by atoms with Gasteiger partial charge in [0.2, 0.25) is 12.3 Å². The summed E-state index contributed by atoms with van der Waals surface area (Å²) in [7, 11) is 0. The quantitative estimate of drug-likeness (QED) is 0.619. The van der Waals surface area contributed by atoms with Crippen molar-refractivity contribution in [1.29, 1.82) is 0 Å². The third kappa shape index (κ3) is 4.18. The molecule has 1 aromatic carbocycles. The first-order chi connectivity index (χ1) is 13.0. The van der Waals surface area contributed by atoms with E-state index >= 15 is 0 Å². The molecule has 0 bridgehead atoms. The van der Waals surface area contributed by atoms with Gasteiger partial charge in [0.15, 0.2) is 6.10 Å². The van der Waals surface area contributed by atoms with Crippen LogP contribution >= 0.6 is 11.3 Å². The van der Waals surface area contributed by atoms with Crippen molar-refractivity contribution in [1.82, 2.24) is 10.2 Å². The van der Waals surface area contributed by atoms with E-state index in [1.165, 1.54) is 31.5 Å². The van der Waals surface area contributed by atoms with E-state index in [0.29, 0.717) is 16.5 Å². The number of aromatic nitrogens is 2. The van der Waals surface area contributed by atoms with Crippen LogP contribution < -0.4 is 11.1 Å². The highest BCUT2D eigenvalue weighted by atomic mass is 32.1. The van der Waals surface area contributed by atoms with E-state index in [0.717, 1.165) is 11.3 Å². The van der Waals surface area contributed by atoms with Gasteiger partial charge in [-0.3, -0.25) is 9.59 Å². The Bertz CT molecular complexity index is 966. The van der Waals surface area contributed by atoms with Crippen LogP contribution in [-0.4, -0.2) is 34.1 Å². The predicted octanol–water partition coefficient (Wildman–Crippen LogP) is 2.08. The Kier molecular flexibility index (Phi) is 5.27. The van der Waals surface area contributed by atoms with E-state index in [9.17, 15) is 14.4 Å². The largest absolute Gasteiger partial charge is 0.449 e. The topological polar surface area (TPSA) is 137 Å². The molecular formula is C17H14N4O5S. The van der Waals surface area contributed by atoms with E-state index in [1.807, 2.05) is 0 Å². The minimum Gasteiger partial charge on any atom is -0.449 e. The SMILES string of the molecule is C[C@@H](OC(=O)c1ccc(-c2nnco2)cc1)C(=O)Nc1sccc1C(N)=O. The Morgan fingerprint density at radius 2 is 1.96 bits per heavy atom. The van der Waals surface area contributed by atoms with Crippen molar-refractivity contribution in [2.24, 2.45) is 5.73 Å². The molecule has 0 saturated heterocycles. The van der Waals surface area contributed by atoms with E-state index in [1.54, 1.807) is 17.5 Å². The maximum atomic E-state index is 12.2. The van der Waals surface area contributed by atoms with Crippen molar-refractivity contribution in [2.45, 2.75) is 13.0 Å². The van der Waals surface area contributed by atoms with E-state index in [-0.39, 0.29) is 11.1 Å². The van der Waals surface area contributed by atoms with Gasteiger partial charge >= 0.3 is 5.97 Å². The summed E-state index contributed by atoms with van der Waals surface area (Å²) in [6.45, 7) is 1.43. The first kappa shape index (κ1) is 18.3. The first-order valence-electron chi connectivity index (χ1n) is 7.71. The van der Waals surface area contributed by atoms with Crippen LogP contribution in [-0.2, 0) is 9.53 Å². The van der Waals surface area contributed by atoms with E-state index in [4.69, 9.17) is 14.9 Å². The molecule has 138 valence electrons. The summed E-state index contributed by atoms with van der Waals surface area (Å²) in [4.78, 5) is 35.7. The molecule has 3 N–H and O–H groups in total. The number of hydrogen-bond acceptors (Lipinski definition) is 8. The van der Waals surface area contributed by atoms with Gasteiger partial charge < -0.3 is 20.2 Å². The van der Waals surface area contributed by atoms with Crippen LogP contribution in [0.4, 0.5) is 5.00 Å². The predicted molar refractivity (Wildman–Crippen MR) is 96.1 cm³/mol. The molecule has 0 aliphatic carbocycles. The molecule has 9 nitrogen and oxygen atoms in total. The lowest BCUT2D eigenvalue weighted by Crippen LogP contribution is -2.30. The molecular weight excluding hydrogens is 372 g/mol. The minimum absolute atomic E-state index is 0.198. The molecule has 1 atom stereocenters. The van der Waals surface area contributed by atoms with Crippen LogP contribution in [0.25, 0.3) is 11.5 Å². The summed E-state index contributed by atoms with van der Waals surface area (Å²) in [5.41, 5.74) is 6.33. The number of nitrogens with zero attached hydrogens (tertiary/aromatic N) is 2. The number of rotatable bonds is 6. The molecule has 2 amide bonds. The number of thiophene rings is 1. The zero-order valence-corrected chi connectivity index (χ0v) is 14.9. The zero-order valence-electron chi connectivity index (χ0n) is 14.0. The Hall–Kier alpha value is -3.53. The van der Waals surface area contributed by atoms with Gasteiger partial charge in [0, 0.05) is 5.56 Å².